The number of nitrogens with two attached hydrogens (primary N) is 1. The predicted octanol–water partition coefficient (Wildman–Crippen LogP) is 0.365. The first-order valence-corrected chi connectivity index (χ1v) is 6.47. The predicted molar refractivity (Wildman–Crippen MR) is 74.6 cm³/mol. The van der Waals surface area contributed by atoms with E-state index in [2.05, 4.69) is 20.7 Å². The summed E-state index contributed by atoms with van der Waals surface area (Å²) in [5.41, 5.74) is 6.34. The number of carbonyl (C=O) groups is 1. The van der Waals surface area contributed by atoms with E-state index in [0.29, 0.717) is 12.4 Å². The SMILES string of the molecule is CC(C(=O)N[C@@H](C)CN)n1nnc(-c2ccccc2)n1. The number of aromatic nitrogens is 4. The highest BCUT2D eigenvalue weighted by atomic mass is 16.2. The third-order valence-electron chi connectivity index (χ3n) is 2.93. The van der Waals surface area contributed by atoms with Crippen molar-refractivity contribution >= 4 is 5.91 Å². The van der Waals surface area contributed by atoms with Gasteiger partial charge in [-0.3, -0.25) is 4.79 Å². The van der Waals surface area contributed by atoms with Gasteiger partial charge in [0.1, 0.15) is 6.04 Å². The monoisotopic (exact) mass is 274 g/mol. The average molecular weight is 274 g/mol. The van der Waals surface area contributed by atoms with Crippen LogP contribution in [0.3, 0.4) is 0 Å². The Kier molecular flexibility index (Phi) is 4.41. The molecule has 0 spiro atoms. The van der Waals surface area contributed by atoms with Gasteiger partial charge in [-0.05, 0) is 19.1 Å². The lowest BCUT2D eigenvalue weighted by molar-refractivity contribution is -0.125. The average Bonchev–Trinajstić information content (AvgIpc) is 2.97. The number of nitrogens with one attached hydrogen (secondary N) is 1. The Labute approximate surface area is 117 Å². The molecule has 0 aliphatic heterocycles. The Balaban J connectivity index is 2.10. The maximum atomic E-state index is 12.0. The zero-order chi connectivity index (χ0) is 14.5. The summed E-state index contributed by atoms with van der Waals surface area (Å²) < 4.78 is 0. The van der Waals surface area contributed by atoms with Gasteiger partial charge >= 0.3 is 0 Å². The molecule has 20 heavy (non-hydrogen) atoms. The Hall–Kier alpha value is -2.28. The van der Waals surface area contributed by atoms with Crippen molar-refractivity contribution in [1.29, 1.82) is 0 Å². The van der Waals surface area contributed by atoms with Gasteiger partial charge in [-0.25, -0.2) is 0 Å². The van der Waals surface area contributed by atoms with Crippen molar-refractivity contribution < 1.29 is 4.79 Å². The molecule has 2 atom stereocenters. The normalized spacial score (nSPS) is 13.8. The molecular weight excluding hydrogens is 256 g/mol. The molecule has 2 rings (SSSR count). The molecule has 1 heterocycles. The smallest absolute Gasteiger partial charge is 0.246 e. The summed E-state index contributed by atoms with van der Waals surface area (Å²) in [6.07, 6.45) is 0. The summed E-state index contributed by atoms with van der Waals surface area (Å²) in [7, 11) is 0. The molecule has 0 saturated carbocycles. The van der Waals surface area contributed by atoms with Crippen molar-refractivity contribution in [2.45, 2.75) is 25.9 Å². The van der Waals surface area contributed by atoms with E-state index < -0.39 is 6.04 Å². The highest BCUT2D eigenvalue weighted by molar-refractivity contribution is 5.79. The van der Waals surface area contributed by atoms with Crippen LogP contribution in [0.25, 0.3) is 11.4 Å². The largest absolute Gasteiger partial charge is 0.350 e. The summed E-state index contributed by atoms with van der Waals surface area (Å²) in [6.45, 7) is 3.95. The van der Waals surface area contributed by atoms with Gasteiger partial charge in [-0.15, -0.1) is 10.2 Å². The summed E-state index contributed by atoms with van der Waals surface area (Å²) in [6, 6.07) is 8.88. The molecule has 7 heteroatoms. The van der Waals surface area contributed by atoms with Crippen LogP contribution in [0.4, 0.5) is 0 Å². The van der Waals surface area contributed by atoms with Crippen LogP contribution in [0.5, 0.6) is 0 Å². The molecule has 106 valence electrons. The van der Waals surface area contributed by atoms with Crippen LogP contribution >= 0.6 is 0 Å². The molecule has 1 amide bonds. The Bertz CT molecular complexity index is 567. The van der Waals surface area contributed by atoms with Crippen molar-refractivity contribution in [2.75, 3.05) is 6.54 Å². The van der Waals surface area contributed by atoms with E-state index in [1.54, 1.807) is 6.92 Å². The van der Waals surface area contributed by atoms with Crippen LogP contribution in [-0.4, -0.2) is 38.7 Å². The van der Waals surface area contributed by atoms with E-state index in [9.17, 15) is 4.79 Å². The minimum absolute atomic E-state index is 0.0814. The molecule has 1 unspecified atom stereocenters. The number of hydrogen-bond acceptors (Lipinski definition) is 5. The fourth-order valence-electron chi connectivity index (χ4n) is 1.62. The molecule has 1 aromatic carbocycles. The third kappa shape index (κ3) is 3.18. The minimum Gasteiger partial charge on any atom is -0.350 e. The summed E-state index contributed by atoms with van der Waals surface area (Å²) >= 11 is 0. The molecule has 0 bridgehead atoms. The maximum Gasteiger partial charge on any atom is 0.246 e. The topological polar surface area (TPSA) is 98.7 Å². The van der Waals surface area contributed by atoms with Gasteiger partial charge in [0.25, 0.3) is 0 Å². The molecule has 0 radical (unpaired) electrons. The van der Waals surface area contributed by atoms with E-state index in [4.69, 9.17) is 5.73 Å². The van der Waals surface area contributed by atoms with Crippen LogP contribution in [0.2, 0.25) is 0 Å². The third-order valence-corrected chi connectivity index (χ3v) is 2.93. The van der Waals surface area contributed by atoms with Crippen LogP contribution in [0, 0.1) is 0 Å². The molecule has 0 fully saturated rings. The zero-order valence-corrected chi connectivity index (χ0v) is 11.5. The quantitative estimate of drug-likeness (QED) is 0.820. The van der Waals surface area contributed by atoms with E-state index in [1.165, 1.54) is 4.80 Å². The first kappa shape index (κ1) is 14.1. The van der Waals surface area contributed by atoms with Crippen molar-refractivity contribution in [2.24, 2.45) is 5.73 Å². The second-order valence-electron chi connectivity index (χ2n) is 4.62. The van der Waals surface area contributed by atoms with Crippen LogP contribution < -0.4 is 11.1 Å². The van der Waals surface area contributed by atoms with Crippen molar-refractivity contribution in [1.82, 2.24) is 25.5 Å². The summed E-state index contributed by atoms with van der Waals surface area (Å²) in [5.74, 6) is 0.317. The Morgan fingerprint density at radius 2 is 2.05 bits per heavy atom. The standard InChI is InChI=1S/C13H18N6O/c1-9(8-14)15-13(20)10(2)19-17-12(16-18-19)11-6-4-3-5-7-11/h3-7,9-10H,8,14H2,1-2H3,(H,15,20)/t9-,10?/m0/s1. The number of amides is 1. The number of rotatable bonds is 5. The molecule has 0 saturated heterocycles. The van der Waals surface area contributed by atoms with Gasteiger partial charge in [0.2, 0.25) is 11.7 Å². The van der Waals surface area contributed by atoms with Crippen LogP contribution in [0.15, 0.2) is 30.3 Å². The van der Waals surface area contributed by atoms with E-state index in [1.807, 2.05) is 37.3 Å². The lowest BCUT2D eigenvalue weighted by Gasteiger charge is -2.14. The second-order valence-corrected chi connectivity index (χ2v) is 4.62. The highest BCUT2D eigenvalue weighted by Gasteiger charge is 2.19. The van der Waals surface area contributed by atoms with Crippen LogP contribution in [-0.2, 0) is 4.79 Å². The van der Waals surface area contributed by atoms with Crippen molar-refractivity contribution in [3.8, 4) is 11.4 Å². The van der Waals surface area contributed by atoms with E-state index in [0.717, 1.165) is 5.56 Å². The molecular formula is C13H18N6O. The molecule has 1 aromatic heterocycles. The Morgan fingerprint density at radius 3 is 2.70 bits per heavy atom. The fourth-order valence-corrected chi connectivity index (χ4v) is 1.62. The van der Waals surface area contributed by atoms with Crippen molar-refractivity contribution in [3.05, 3.63) is 30.3 Å². The Morgan fingerprint density at radius 1 is 1.35 bits per heavy atom. The maximum absolute atomic E-state index is 12.0. The summed E-state index contributed by atoms with van der Waals surface area (Å²) in [5, 5.41) is 14.9. The van der Waals surface area contributed by atoms with Gasteiger partial charge in [0.15, 0.2) is 0 Å². The van der Waals surface area contributed by atoms with E-state index in [-0.39, 0.29) is 11.9 Å². The molecule has 3 N–H and O–H groups in total. The number of carbonyl (C=O) groups excluding carboxylic acids is 1. The van der Waals surface area contributed by atoms with Gasteiger partial charge < -0.3 is 11.1 Å². The lowest BCUT2D eigenvalue weighted by Crippen LogP contribution is -2.41. The first-order chi connectivity index (χ1) is 9.61. The second kappa shape index (κ2) is 6.25. The number of benzene rings is 1. The highest BCUT2D eigenvalue weighted by Crippen LogP contribution is 2.13. The van der Waals surface area contributed by atoms with Gasteiger partial charge in [-0.2, -0.15) is 4.80 Å². The molecule has 0 aliphatic carbocycles. The number of hydrogen-bond donors (Lipinski definition) is 2. The lowest BCUT2D eigenvalue weighted by atomic mass is 10.2. The van der Waals surface area contributed by atoms with Crippen LogP contribution in [0.1, 0.15) is 19.9 Å². The molecule has 2 aromatic rings. The van der Waals surface area contributed by atoms with Gasteiger partial charge in [0.05, 0.1) is 0 Å². The fraction of sp³-hybridized carbons (Fsp3) is 0.385. The number of tetrazole rings is 1. The molecule has 7 nitrogen and oxygen atoms in total. The minimum atomic E-state index is -0.533. The van der Waals surface area contributed by atoms with E-state index >= 15 is 0 Å². The first-order valence-electron chi connectivity index (χ1n) is 6.47. The summed E-state index contributed by atoms with van der Waals surface area (Å²) in [4.78, 5) is 13.3. The zero-order valence-electron chi connectivity index (χ0n) is 11.5. The number of nitrogens with zero attached hydrogens (tertiary/aromatic N) is 4. The molecule has 0 aliphatic rings. The van der Waals surface area contributed by atoms with Crippen molar-refractivity contribution in [3.63, 3.8) is 0 Å². The van der Waals surface area contributed by atoms with Gasteiger partial charge in [0, 0.05) is 18.2 Å². The van der Waals surface area contributed by atoms with Gasteiger partial charge in [-0.1, -0.05) is 30.3 Å².